The lowest BCUT2D eigenvalue weighted by Gasteiger charge is -2.36. The molecule has 0 saturated carbocycles. The van der Waals surface area contributed by atoms with E-state index < -0.39 is 6.05 Å². The number of piperazine rings is 1. The first kappa shape index (κ1) is 11.8. The number of halogens is 2. The van der Waals surface area contributed by atoms with E-state index in [-0.39, 0.29) is 6.54 Å². The Balaban J connectivity index is 0.000000561. The van der Waals surface area contributed by atoms with Gasteiger partial charge in [-0.3, -0.25) is 4.90 Å². The van der Waals surface area contributed by atoms with Crippen molar-refractivity contribution in [2.75, 3.05) is 33.7 Å². The second kappa shape index (κ2) is 4.72. The van der Waals surface area contributed by atoms with Crippen LogP contribution in [0.5, 0.6) is 0 Å². The first-order valence-corrected chi connectivity index (χ1v) is 4.30. The summed E-state index contributed by atoms with van der Waals surface area (Å²) < 4.78 is 25.5. The summed E-state index contributed by atoms with van der Waals surface area (Å²) in [6.45, 7) is 5.03. The van der Waals surface area contributed by atoms with Crippen LogP contribution >= 0.6 is 0 Å². The van der Waals surface area contributed by atoms with Gasteiger partial charge in [-0.1, -0.05) is 13.8 Å². The quantitative estimate of drug-likeness (QED) is 0.521. The second-order valence-electron chi connectivity index (χ2n) is 2.83. The first-order chi connectivity index (χ1) is 5.52. The van der Waals surface area contributed by atoms with E-state index in [9.17, 15) is 8.78 Å². The third-order valence-corrected chi connectivity index (χ3v) is 1.84. The number of likely N-dealkylation sites (N-methyl/N-ethyl adjacent to an activating group) is 2. The molecule has 0 spiro atoms. The molecule has 0 amide bonds. The van der Waals surface area contributed by atoms with Crippen LogP contribution in [0, 0.1) is 0 Å². The zero-order chi connectivity index (χ0) is 9.78. The zero-order valence-electron chi connectivity index (χ0n) is 8.27. The molecule has 1 fully saturated rings. The van der Waals surface area contributed by atoms with Crippen LogP contribution in [0.15, 0.2) is 0 Å². The summed E-state index contributed by atoms with van der Waals surface area (Å²) in [4.78, 5) is 2.73. The van der Waals surface area contributed by atoms with Crippen LogP contribution in [0.3, 0.4) is 0 Å². The average Bonchev–Trinajstić information content (AvgIpc) is 2.01. The Morgan fingerprint density at radius 2 is 1.58 bits per heavy atom. The van der Waals surface area contributed by atoms with E-state index in [0.717, 1.165) is 11.4 Å². The van der Waals surface area contributed by atoms with E-state index in [0.29, 0.717) is 6.54 Å². The fraction of sp³-hybridized carbons (Fsp3) is 1.00. The predicted octanol–water partition coefficient (Wildman–Crippen LogP) is 1.48. The minimum absolute atomic E-state index is 0.149. The van der Waals surface area contributed by atoms with Crippen molar-refractivity contribution >= 4 is 0 Å². The highest BCUT2D eigenvalue weighted by molar-refractivity contribution is 4.76. The fourth-order valence-corrected chi connectivity index (χ4v) is 1.01. The highest BCUT2D eigenvalue weighted by atomic mass is 19.3. The molecule has 0 aromatic carbocycles. The number of rotatable bonds is 0. The minimum atomic E-state index is -2.63. The van der Waals surface area contributed by atoms with Gasteiger partial charge in [0.05, 0.1) is 6.54 Å². The monoisotopic (exact) mass is 180 g/mol. The smallest absolute Gasteiger partial charge is 0.298 e. The molecule has 0 radical (unpaired) electrons. The molecule has 0 aromatic rings. The molecule has 1 saturated heterocycles. The van der Waals surface area contributed by atoms with Gasteiger partial charge < -0.3 is 0 Å². The van der Waals surface area contributed by atoms with Crippen molar-refractivity contribution in [1.29, 1.82) is 0 Å². The van der Waals surface area contributed by atoms with Crippen LogP contribution in [0.2, 0.25) is 0 Å². The minimum Gasteiger partial charge on any atom is -0.298 e. The van der Waals surface area contributed by atoms with E-state index >= 15 is 0 Å². The first-order valence-electron chi connectivity index (χ1n) is 4.30. The molecule has 0 unspecified atom stereocenters. The summed E-state index contributed by atoms with van der Waals surface area (Å²) >= 11 is 0. The highest BCUT2D eigenvalue weighted by Gasteiger charge is 2.38. The highest BCUT2D eigenvalue weighted by Crippen LogP contribution is 2.21. The zero-order valence-corrected chi connectivity index (χ0v) is 8.27. The molecule has 1 aliphatic rings. The Morgan fingerprint density at radius 3 is 1.92 bits per heavy atom. The standard InChI is InChI=1S/C6H12F2N2.C2H6/c1-9-3-4-10(2)6(7,8)5-9;1-2/h3-5H2,1-2H3;1-2H3. The lowest BCUT2D eigenvalue weighted by Crippen LogP contribution is -2.54. The Bertz CT molecular complexity index is 128. The van der Waals surface area contributed by atoms with E-state index in [1.165, 1.54) is 7.05 Å². The molecule has 1 rings (SSSR count). The molecule has 74 valence electrons. The van der Waals surface area contributed by atoms with Crippen molar-refractivity contribution in [3.63, 3.8) is 0 Å². The van der Waals surface area contributed by atoms with Crippen LogP contribution in [-0.2, 0) is 0 Å². The largest absolute Gasteiger partial charge is 0.317 e. The van der Waals surface area contributed by atoms with Crippen molar-refractivity contribution in [1.82, 2.24) is 9.80 Å². The van der Waals surface area contributed by atoms with Gasteiger partial charge in [-0.2, -0.15) is 8.78 Å². The van der Waals surface area contributed by atoms with E-state index in [1.54, 1.807) is 11.9 Å². The lowest BCUT2D eigenvalue weighted by atomic mass is 10.3. The Hall–Kier alpha value is -0.220. The van der Waals surface area contributed by atoms with Gasteiger partial charge in [-0.05, 0) is 14.1 Å². The van der Waals surface area contributed by atoms with E-state index in [4.69, 9.17) is 0 Å². The molecule has 1 aliphatic heterocycles. The fourth-order valence-electron chi connectivity index (χ4n) is 1.01. The van der Waals surface area contributed by atoms with Gasteiger partial charge in [0, 0.05) is 13.1 Å². The van der Waals surface area contributed by atoms with Gasteiger partial charge in [-0.15, -0.1) is 0 Å². The maximum Gasteiger partial charge on any atom is 0.317 e. The summed E-state index contributed by atoms with van der Waals surface area (Å²) in [5.74, 6) is 0. The van der Waals surface area contributed by atoms with Gasteiger partial charge in [0.1, 0.15) is 0 Å². The molecule has 0 aromatic heterocycles. The van der Waals surface area contributed by atoms with Crippen molar-refractivity contribution in [2.24, 2.45) is 0 Å². The molecule has 0 atom stereocenters. The number of alkyl halides is 2. The van der Waals surface area contributed by atoms with Crippen molar-refractivity contribution < 1.29 is 8.78 Å². The van der Waals surface area contributed by atoms with E-state index in [1.807, 2.05) is 13.8 Å². The summed E-state index contributed by atoms with van der Waals surface area (Å²) in [7, 11) is 3.16. The van der Waals surface area contributed by atoms with Gasteiger partial charge in [0.25, 0.3) is 0 Å². The van der Waals surface area contributed by atoms with Gasteiger partial charge >= 0.3 is 6.05 Å². The van der Waals surface area contributed by atoms with Crippen LogP contribution in [0.1, 0.15) is 13.8 Å². The molecule has 0 bridgehead atoms. The van der Waals surface area contributed by atoms with Gasteiger partial charge in [0.2, 0.25) is 0 Å². The third kappa shape index (κ3) is 3.03. The molecule has 4 heteroatoms. The SMILES string of the molecule is CC.CN1CCN(C)C(F)(F)C1. The van der Waals surface area contributed by atoms with E-state index in [2.05, 4.69) is 0 Å². The Morgan fingerprint density at radius 1 is 1.08 bits per heavy atom. The number of nitrogens with zero attached hydrogens (tertiary/aromatic N) is 2. The number of hydrogen-bond acceptors (Lipinski definition) is 2. The normalized spacial score (nSPS) is 24.5. The van der Waals surface area contributed by atoms with Gasteiger partial charge in [0.15, 0.2) is 0 Å². The predicted molar refractivity (Wildman–Crippen MR) is 46.4 cm³/mol. The molecular weight excluding hydrogens is 162 g/mol. The molecule has 1 heterocycles. The van der Waals surface area contributed by atoms with Gasteiger partial charge in [-0.25, -0.2) is 4.90 Å². The maximum absolute atomic E-state index is 12.7. The lowest BCUT2D eigenvalue weighted by molar-refractivity contribution is -0.169. The van der Waals surface area contributed by atoms with Crippen molar-refractivity contribution in [3.8, 4) is 0 Å². The maximum atomic E-state index is 12.7. The van der Waals surface area contributed by atoms with Crippen molar-refractivity contribution in [2.45, 2.75) is 19.9 Å². The topological polar surface area (TPSA) is 6.48 Å². The Kier molecular flexibility index (Phi) is 4.63. The van der Waals surface area contributed by atoms with Crippen LogP contribution in [0.25, 0.3) is 0 Å². The molecule has 0 N–H and O–H groups in total. The summed E-state index contributed by atoms with van der Waals surface area (Å²) in [5.41, 5.74) is 0. The van der Waals surface area contributed by atoms with Crippen LogP contribution < -0.4 is 0 Å². The van der Waals surface area contributed by atoms with Crippen LogP contribution in [0.4, 0.5) is 8.78 Å². The summed E-state index contributed by atoms with van der Waals surface area (Å²) in [5, 5.41) is 0. The second-order valence-corrected chi connectivity index (χ2v) is 2.83. The Labute approximate surface area is 73.1 Å². The molecular formula is C8H18F2N2. The molecule has 2 nitrogen and oxygen atoms in total. The summed E-state index contributed by atoms with van der Waals surface area (Å²) in [6.07, 6.45) is 0. The number of hydrogen-bond donors (Lipinski definition) is 0. The summed E-state index contributed by atoms with van der Waals surface area (Å²) in [6, 6.07) is -2.63. The van der Waals surface area contributed by atoms with Crippen molar-refractivity contribution in [3.05, 3.63) is 0 Å². The molecule has 12 heavy (non-hydrogen) atoms. The average molecular weight is 180 g/mol. The third-order valence-electron chi connectivity index (χ3n) is 1.84. The molecule has 0 aliphatic carbocycles. The van der Waals surface area contributed by atoms with Crippen LogP contribution in [-0.4, -0.2) is 49.6 Å².